The van der Waals surface area contributed by atoms with Crippen LogP contribution >= 0.6 is 38.9 Å². The maximum absolute atomic E-state index is 6.28. The summed E-state index contributed by atoms with van der Waals surface area (Å²) in [6, 6.07) is 8.13. The average Bonchev–Trinajstić information content (AvgIpc) is 2.71. The first kappa shape index (κ1) is 13.9. The molecule has 0 aliphatic rings. The quantitative estimate of drug-likeness (QED) is 0.674. The van der Waals surface area contributed by atoms with Crippen LogP contribution in [0.15, 0.2) is 29.6 Å². The fraction of sp³-hybridized carbons (Fsp3) is 0.286. The lowest BCUT2D eigenvalue weighted by Gasteiger charge is -2.09. The second kappa shape index (κ2) is 6.09. The molecule has 0 aliphatic carbocycles. The first-order valence-corrected chi connectivity index (χ1v) is 7.79. The summed E-state index contributed by atoms with van der Waals surface area (Å²) in [5.74, 6) is 0.884. The molecule has 0 bridgehead atoms. The van der Waals surface area contributed by atoms with E-state index in [4.69, 9.17) is 16.3 Å². The van der Waals surface area contributed by atoms with Crippen molar-refractivity contribution in [3.8, 4) is 5.75 Å². The maximum Gasteiger partial charge on any atom is 0.118 e. The first-order chi connectivity index (χ1) is 8.61. The first-order valence-electron chi connectivity index (χ1n) is 5.62. The zero-order valence-corrected chi connectivity index (χ0v) is 13.4. The van der Waals surface area contributed by atoms with Crippen LogP contribution in [0, 0.1) is 6.92 Å². The molecule has 0 saturated carbocycles. The number of aryl methyl sites for hydroxylation is 1. The van der Waals surface area contributed by atoms with Gasteiger partial charge in [0.2, 0.25) is 0 Å². The van der Waals surface area contributed by atoms with E-state index in [-0.39, 0.29) is 4.83 Å². The molecule has 0 radical (unpaired) electrons. The predicted molar refractivity (Wildman–Crippen MR) is 82.4 cm³/mol. The third-order valence-corrected chi connectivity index (χ3v) is 5.70. The van der Waals surface area contributed by atoms with Crippen molar-refractivity contribution in [2.24, 2.45) is 0 Å². The number of thiophene rings is 1. The Balaban J connectivity index is 2.11. The molecule has 4 heteroatoms. The van der Waals surface area contributed by atoms with Crippen LogP contribution in [0.25, 0.3) is 0 Å². The lowest BCUT2D eigenvalue weighted by molar-refractivity contribution is 0.414. The van der Waals surface area contributed by atoms with E-state index in [9.17, 15) is 0 Å². The minimum absolute atomic E-state index is 0.261. The Morgan fingerprint density at radius 2 is 2.00 bits per heavy atom. The number of methoxy groups -OCH3 is 1. The number of halogens is 2. The van der Waals surface area contributed by atoms with Crippen LogP contribution in [-0.4, -0.2) is 7.11 Å². The Kier molecular flexibility index (Phi) is 4.71. The van der Waals surface area contributed by atoms with Gasteiger partial charge >= 0.3 is 0 Å². The monoisotopic (exact) mass is 344 g/mol. The van der Waals surface area contributed by atoms with E-state index in [0.29, 0.717) is 0 Å². The Labute approximate surface area is 125 Å². The van der Waals surface area contributed by atoms with Crippen molar-refractivity contribution in [2.75, 3.05) is 7.11 Å². The van der Waals surface area contributed by atoms with Crippen molar-refractivity contribution >= 4 is 38.9 Å². The van der Waals surface area contributed by atoms with Crippen LogP contribution in [0.4, 0.5) is 0 Å². The van der Waals surface area contributed by atoms with Gasteiger partial charge in [0.25, 0.3) is 0 Å². The molecular weight excluding hydrogens is 332 g/mol. The lowest BCUT2D eigenvalue weighted by Crippen LogP contribution is -1.94. The molecule has 0 saturated heterocycles. The molecule has 1 heterocycles. The van der Waals surface area contributed by atoms with Crippen molar-refractivity contribution in [1.82, 2.24) is 0 Å². The molecule has 1 nitrogen and oxygen atoms in total. The Morgan fingerprint density at radius 1 is 1.33 bits per heavy atom. The van der Waals surface area contributed by atoms with Crippen molar-refractivity contribution in [2.45, 2.75) is 18.2 Å². The molecule has 0 fully saturated rings. The molecule has 1 unspecified atom stereocenters. The summed E-state index contributed by atoms with van der Waals surface area (Å²) < 4.78 is 5.15. The zero-order chi connectivity index (χ0) is 13.1. The van der Waals surface area contributed by atoms with Gasteiger partial charge in [0.05, 0.1) is 17.0 Å². The van der Waals surface area contributed by atoms with Crippen molar-refractivity contribution < 1.29 is 4.74 Å². The molecule has 18 heavy (non-hydrogen) atoms. The summed E-state index contributed by atoms with van der Waals surface area (Å²) in [6.07, 6.45) is 0.920. The van der Waals surface area contributed by atoms with Gasteiger partial charge in [-0.25, -0.2) is 0 Å². The van der Waals surface area contributed by atoms with Gasteiger partial charge in [0.1, 0.15) is 5.75 Å². The lowest BCUT2D eigenvalue weighted by atomic mass is 10.1. The molecule has 0 N–H and O–H groups in total. The molecule has 96 valence electrons. The molecule has 1 aromatic heterocycles. The van der Waals surface area contributed by atoms with E-state index in [1.54, 1.807) is 18.4 Å². The summed E-state index contributed by atoms with van der Waals surface area (Å²) in [5, 5.41) is 2.98. The summed E-state index contributed by atoms with van der Waals surface area (Å²) in [4.78, 5) is 1.46. The second-order valence-corrected chi connectivity index (χ2v) is 6.51. The normalized spacial score (nSPS) is 12.4. The van der Waals surface area contributed by atoms with Gasteiger partial charge in [-0.3, -0.25) is 0 Å². The molecule has 2 aromatic rings. The highest BCUT2D eigenvalue weighted by atomic mass is 79.9. The highest BCUT2D eigenvalue weighted by Crippen LogP contribution is 2.38. The molecule has 0 spiro atoms. The SMILES string of the molecule is COc1ccc(CC(Br)c2scc(C)c2Cl)cc1. The van der Waals surface area contributed by atoms with E-state index in [2.05, 4.69) is 33.4 Å². The summed E-state index contributed by atoms with van der Waals surface area (Å²) in [7, 11) is 1.68. The van der Waals surface area contributed by atoms with E-state index >= 15 is 0 Å². The fourth-order valence-corrected chi connectivity index (χ4v) is 4.08. The van der Waals surface area contributed by atoms with Crippen LogP contribution in [0.5, 0.6) is 5.75 Å². The number of hydrogen-bond donors (Lipinski definition) is 0. The van der Waals surface area contributed by atoms with E-state index in [1.807, 2.05) is 19.1 Å². The predicted octanol–water partition coefficient (Wildman–Crippen LogP) is 5.40. The highest BCUT2D eigenvalue weighted by Gasteiger charge is 2.15. The van der Waals surface area contributed by atoms with Crippen LogP contribution in [0.1, 0.15) is 20.8 Å². The number of alkyl halides is 1. The van der Waals surface area contributed by atoms with E-state index in [1.165, 1.54) is 10.4 Å². The number of rotatable bonds is 4. The van der Waals surface area contributed by atoms with Gasteiger partial charge in [-0.05, 0) is 42.0 Å². The molecule has 0 amide bonds. The standard InChI is InChI=1S/C14H14BrClOS/c1-9-8-18-14(13(9)16)12(15)7-10-3-5-11(17-2)6-4-10/h3-6,8,12H,7H2,1-2H3. The Morgan fingerprint density at radius 3 is 2.50 bits per heavy atom. The van der Waals surface area contributed by atoms with Gasteiger partial charge < -0.3 is 4.74 Å². The molecule has 0 aliphatic heterocycles. The zero-order valence-electron chi connectivity index (χ0n) is 10.2. The van der Waals surface area contributed by atoms with Gasteiger partial charge in [0, 0.05) is 4.88 Å². The maximum atomic E-state index is 6.28. The van der Waals surface area contributed by atoms with Gasteiger partial charge in [-0.15, -0.1) is 11.3 Å². The molecule has 2 rings (SSSR count). The summed E-state index contributed by atoms with van der Waals surface area (Å²) >= 11 is 11.7. The van der Waals surface area contributed by atoms with Gasteiger partial charge in [-0.2, -0.15) is 0 Å². The van der Waals surface area contributed by atoms with E-state index in [0.717, 1.165) is 22.8 Å². The van der Waals surface area contributed by atoms with Crippen LogP contribution in [0.3, 0.4) is 0 Å². The molecule has 1 aromatic carbocycles. The third kappa shape index (κ3) is 3.08. The third-order valence-electron chi connectivity index (χ3n) is 2.78. The topological polar surface area (TPSA) is 9.23 Å². The number of benzene rings is 1. The van der Waals surface area contributed by atoms with Gasteiger partial charge in [-0.1, -0.05) is 39.7 Å². The molecule has 1 atom stereocenters. The Bertz CT molecular complexity index is 521. The largest absolute Gasteiger partial charge is 0.497 e. The fourth-order valence-electron chi connectivity index (χ4n) is 1.72. The second-order valence-electron chi connectivity index (χ2n) is 4.12. The Hall–Kier alpha value is -0.510. The van der Waals surface area contributed by atoms with Crippen LogP contribution in [-0.2, 0) is 6.42 Å². The highest BCUT2D eigenvalue weighted by molar-refractivity contribution is 9.09. The summed E-state index contributed by atoms with van der Waals surface area (Å²) in [6.45, 7) is 2.04. The van der Waals surface area contributed by atoms with Crippen LogP contribution < -0.4 is 4.74 Å². The average molecular weight is 346 g/mol. The van der Waals surface area contributed by atoms with E-state index < -0.39 is 0 Å². The minimum atomic E-state index is 0.261. The van der Waals surface area contributed by atoms with Crippen LogP contribution in [0.2, 0.25) is 5.02 Å². The smallest absolute Gasteiger partial charge is 0.118 e. The van der Waals surface area contributed by atoms with Crippen molar-refractivity contribution in [1.29, 1.82) is 0 Å². The van der Waals surface area contributed by atoms with Crippen molar-refractivity contribution in [3.63, 3.8) is 0 Å². The summed E-state index contributed by atoms with van der Waals surface area (Å²) in [5.41, 5.74) is 2.41. The molecular formula is C14H14BrClOS. The number of hydrogen-bond acceptors (Lipinski definition) is 2. The number of ether oxygens (including phenoxy) is 1. The van der Waals surface area contributed by atoms with Crippen molar-refractivity contribution in [3.05, 3.63) is 50.7 Å². The van der Waals surface area contributed by atoms with Gasteiger partial charge in [0.15, 0.2) is 0 Å². The minimum Gasteiger partial charge on any atom is -0.497 e.